The van der Waals surface area contributed by atoms with Crippen molar-refractivity contribution in [1.82, 2.24) is 0 Å². The van der Waals surface area contributed by atoms with E-state index in [2.05, 4.69) is 83.1 Å². The molecule has 0 aliphatic heterocycles. The zero-order valence-electron chi connectivity index (χ0n) is 64.1. The summed E-state index contributed by atoms with van der Waals surface area (Å²) in [5, 5.41) is 0. The van der Waals surface area contributed by atoms with Gasteiger partial charge in [-0.25, -0.2) is 0 Å². The van der Waals surface area contributed by atoms with E-state index in [0.29, 0.717) is 264 Å². The van der Waals surface area contributed by atoms with Crippen molar-refractivity contribution in [2.45, 2.75) is 172 Å². The Hall–Kier alpha value is -0.920. The molecule has 0 rings (SSSR count). The fraction of sp³-hybridized carbons (Fsp3) is 1.00. The summed E-state index contributed by atoms with van der Waals surface area (Å²) in [6.07, 6.45) is 9.81. The number of rotatable bonds is 84. The van der Waals surface area contributed by atoms with Gasteiger partial charge in [-0.3, -0.25) is 0 Å². The van der Waals surface area contributed by atoms with Crippen molar-refractivity contribution in [2.24, 2.45) is 21.7 Å². The Balaban J connectivity index is 6.52. The van der Waals surface area contributed by atoms with Crippen molar-refractivity contribution >= 4 is 0 Å². The lowest BCUT2D eigenvalue weighted by Crippen LogP contribution is -2.42. The molecule has 0 saturated carbocycles. The molecule has 0 aliphatic carbocycles. The lowest BCUT2D eigenvalue weighted by molar-refractivity contribution is -0.139. The van der Waals surface area contributed by atoms with Gasteiger partial charge in [-0.05, 0) is 77.0 Å². The van der Waals surface area contributed by atoms with Gasteiger partial charge in [0.1, 0.15) is 12.2 Å². The fourth-order valence-corrected chi connectivity index (χ4v) is 9.41. The van der Waals surface area contributed by atoms with Crippen molar-refractivity contribution in [1.29, 1.82) is 0 Å². The predicted molar refractivity (Wildman–Crippen MR) is 380 cm³/mol. The molecular formula is C74H150O23. The maximum atomic E-state index is 6.84. The van der Waals surface area contributed by atoms with Crippen LogP contribution >= 0.6 is 0 Å². The second-order valence-corrected chi connectivity index (χ2v) is 25.4. The zero-order chi connectivity index (χ0) is 71.0. The van der Waals surface area contributed by atoms with E-state index in [4.69, 9.17) is 109 Å². The molecule has 0 fully saturated rings. The standard InChI is InChI=1S/C74H150O23/c1-13-25-75-35-45-86-57-71(21-9,58-87-46-36-76-26-14-2)65-94-55-69(96-67-73(23-11,61-90-49-39-79-29-17-5)62-91-50-40-80-30-18-6)53-84-43-33-83-34-44-85-54-70(97-68-74(24-12,63-92-51-41-81-31-19-7)64-93-52-42-82-32-20-8)56-95-66-72(22-10,59-88-47-37-77-27-15-3)60-89-48-38-78-28-16-4/h69-70H,13-68H2,1-12H3. The van der Waals surface area contributed by atoms with Gasteiger partial charge >= 0.3 is 0 Å². The summed E-state index contributed by atoms with van der Waals surface area (Å²) < 4.78 is 142. The van der Waals surface area contributed by atoms with Gasteiger partial charge in [-0.15, -0.1) is 0 Å². The topological polar surface area (TPSA) is 212 Å². The Morgan fingerprint density at radius 2 is 0.299 bits per heavy atom. The van der Waals surface area contributed by atoms with Crippen LogP contribution in [-0.4, -0.2) is 303 Å². The molecule has 2 unspecified atom stereocenters. The molecule has 0 radical (unpaired) electrons. The van der Waals surface area contributed by atoms with E-state index >= 15 is 0 Å². The van der Waals surface area contributed by atoms with Gasteiger partial charge in [0, 0.05) is 74.5 Å². The highest BCUT2D eigenvalue weighted by atomic mass is 16.6. The molecule has 0 spiro atoms. The average molecular weight is 1410 g/mol. The highest BCUT2D eigenvalue weighted by molar-refractivity contribution is 4.82. The highest BCUT2D eigenvalue weighted by Gasteiger charge is 2.35. The van der Waals surface area contributed by atoms with Crippen molar-refractivity contribution in [3.8, 4) is 0 Å². The third-order valence-corrected chi connectivity index (χ3v) is 16.1. The normalized spacial score (nSPS) is 13.2. The molecule has 23 nitrogen and oxygen atoms in total. The first-order valence-electron chi connectivity index (χ1n) is 37.9. The van der Waals surface area contributed by atoms with Gasteiger partial charge in [0.2, 0.25) is 0 Å². The summed E-state index contributed by atoms with van der Waals surface area (Å²) in [6, 6.07) is 0. The highest BCUT2D eigenvalue weighted by Crippen LogP contribution is 2.29. The van der Waals surface area contributed by atoms with Crippen LogP contribution in [0.15, 0.2) is 0 Å². The number of hydrogen-bond donors (Lipinski definition) is 0. The Labute approximate surface area is 591 Å². The molecule has 0 saturated heterocycles. The first-order valence-corrected chi connectivity index (χ1v) is 37.9. The molecule has 0 bridgehead atoms. The predicted octanol–water partition coefficient (Wildman–Crippen LogP) is 11.0. The summed E-state index contributed by atoms with van der Waals surface area (Å²) in [4.78, 5) is 0. The largest absolute Gasteiger partial charge is 0.379 e. The van der Waals surface area contributed by atoms with Gasteiger partial charge in [-0.1, -0.05) is 83.1 Å². The summed E-state index contributed by atoms with van der Waals surface area (Å²) >= 11 is 0. The van der Waals surface area contributed by atoms with E-state index in [1.165, 1.54) is 0 Å². The van der Waals surface area contributed by atoms with Crippen LogP contribution < -0.4 is 0 Å². The molecule has 2 atom stereocenters. The van der Waals surface area contributed by atoms with E-state index < -0.39 is 33.9 Å². The molecule has 97 heavy (non-hydrogen) atoms. The quantitative estimate of drug-likeness (QED) is 0.0518. The van der Waals surface area contributed by atoms with Crippen LogP contribution in [0.4, 0.5) is 0 Å². The minimum absolute atomic E-state index is 0.263. The Kier molecular flexibility index (Phi) is 71.4. The maximum Gasteiger partial charge on any atom is 0.104 e. The molecule has 0 aromatic rings. The first-order chi connectivity index (χ1) is 47.6. The summed E-state index contributed by atoms with van der Waals surface area (Å²) in [5.41, 5.74) is -1.74. The summed E-state index contributed by atoms with van der Waals surface area (Å²) in [6.45, 7) is 46.3. The van der Waals surface area contributed by atoms with Crippen LogP contribution in [0.1, 0.15) is 160 Å². The van der Waals surface area contributed by atoms with E-state index in [9.17, 15) is 0 Å². The average Bonchev–Trinajstić information content (AvgIpc) is 3.71. The molecule has 584 valence electrons. The van der Waals surface area contributed by atoms with E-state index in [1.807, 2.05) is 0 Å². The third-order valence-electron chi connectivity index (χ3n) is 16.1. The molecule has 0 heterocycles. The zero-order valence-corrected chi connectivity index (χ0v) is 64.1. The third kappa shape index (κ3) is 56.2. The SMILES string of the molecule is CCCOCCOCC(CC)(COCCOCCC)COCC(COCCOCCOCC(COCC(CC)(COCCOCCC)COCCOCCC)OCC(CC)(COCCOCCC)COCCOCCC)OCC(CC)(COCCOCCC)COCCOCCC. The van der Waals surface area contributed by atoms with Crippen molar-refractivity contribution in [3.05, 3.63) is 0 Å². The molecule has 0 aromatic carbocycles. The van der Waals surface area contributed by atoms with Crippen LogP contribution in [0.25, 0.3) is 0 Å². The molecule has 0 amide bonds. The lowest BCUT2D eigenvalue weighted by atomic mass is 9.87. The molecule has 23 heteroatoms. The van der Waals surface area contributed by atoms with Crippen molar-refractivity contribution in [2.75, 3.05) is 291 Å². The Morgan fingerprint density at radius 3 is 0.485 bits per heavy atom. The number of ether oxygens (including phenoxy) is 23. The molecular weight excluding hydrogens is 1260 g/mol. The van der Waals surface area contributed by atoms with Crippen LogP contribution in [-0.2, 0) is 109 Å². The van der Waals surface area contributed by atoms with E-state index in [-0.39, 0.29) is 26.4 Å². The Morgan fingerprint density at radius 1 is 0.155 bits per heavy atom. The molecule has 0 N–H and O–H groups in total. The van der Waals surface area contributed by atoms with Gasteiger partial charge in [0.25, 0.3) is 0 Å². The van der Waals surface area contributed by atoms with Gasteiger partial charge in [0.05, 0.1) is 238 Å². The Bertz CT molecular complexity index is 1370. The minimum atomic E-state index is -0.451. The summed E-state index contributed by atoms with van der Waals surface area (Å²) in [7, 11) is 0. The van der Waals surface area contributed by atoms with Gasteiger partial charge in [-0.2, -0.15) is 0 Å². The monoisotopic (exact) mass is 1410 g/mol. The molecule has 0 aromatic heterocycles. The van der Waals surface area contributed by atoms with Gasteiger partial charge < -0.3 is 109 Å². The maximum absolute atomic E-state index is 6.84. The van der Waals surface area contributed by atoms with Crippen LogP contribution in [0.5, 0.6) is 0 Å². The van der Waals surface area contributed by atoms with Gasteiger partial charge in [0.15, 0.2) is 0 Å². The van der Waals surface area contributed by atoms with Crippen LogP contribution in [0, 0.1) is 21.7 Å². The first kappa shape index (κ1) is 96.1. The van der Waals surface area contributed by atoms with Crippen molar-refractivity contribution in [3.63, 3.8) is 0 Å². The smallest absolute Gasteiger partial charge is 0.104 e. The minimum Gasteiger partial charge on any atom is -0.379 e. The molecule has 0 aliphatic rings. The second-order valence-electron chi connectivity index (χ2n) is 25.4. The summed E-state index contributed by atoms with van der Waals surface area (Å²) in [5.74, 6) is 0. The lowest BCUT2D eigenvalue weighted by Gasteiger charge is -2.35. The number of hydrogen-bond acceptors (Lipinski definition) is 23. The van der Waals surface area contributed by atoms with Crippen LogP contribution in [0.2, 0.25) is 0 Å². The fourth-order valence-electron chi connectivity index (χ4n) is 9.41. The van der Waals surface area contributed by atoms with Crippen LogP contribution in [0.3, 0.4) is 0 Å². The van der Waals surface area contributed by atoms with E-state index in [1.54, 1.807) is 0 Å². The second kappa shape index (κ2) is 72.0. The van der Waals surface area contributed by atoms with E-state index in [0.717, 1.165) is 77.0 Å². The van der Waals surface area contributed by atoms with Crippen molar-refractivity contribution < 1.29 is 109 Å².